The Morgan fingerprint density at radius 2 is 2.20 bits per heavy atom. The molecule has 0 spiro atoms. The van der Waals surface area contributed by atoms with Gasteiger partial charge in [0.1, 0.15) is 6.17 Å². The lowest BCUT2D eigenvalue weighted by molar-refractivity contribution is -0.133. The molecule has 1 aromatic rings. The SMILES string of the molecule is Cc1nc(CN2C[C@@H](F)C[C@H]2CN(C)C2CCN(C(C)C)C2=O)no1. The molecular weight excluding hydrogens is 325 g/mol. The summed E-state index contributed by atoms with van der Waals surface area (Å²) >= 11 is 0. The van der Waals surface area contributed by atoms with E-state index in [0.29, 0.717) is 37.8 Å². The number of alkyl halides is 1. The largest absolute Gasteiger partial charge is 0.340 e. The summed E-state index contributed by atoms with van der Waals surface area (Å²) in [6, 6.07) is 0.181. The fourth-order valence-corrected chi connectivity index (χ4v) is 3.96. The number of rotatable bonds is 6. The molecule has 3 rings (SSSR count). The lowest BCUT2D eigenvalue weighted by atomic mass is 10.1. The van der Waals surface area contributed by atoms with Gasteiger partial charge in [0.05, 0.1) is 12.6 Å². The van der Waals surface area contributed by atoms with Crippen LogP contribution in [0.4, 0.5) is 4.39 Å². The summed E-state index contributed by atoms with van der Waals surface area (Å²) < 4.78 is 19.0. The normalized spacial score (nSPS) is 28.0. The highest BCUT2D eigenvalue weighted by Crippen LogP contribution is 2.25. The molecule has 1 unspecified atom stereocenters. The minimum Gasteiger partial charge on any atom is -0.340 e. The Bertz CT molecular complexity index is 608. The summed E-state index contributed by atoms with van der Waals surface area (Å²) in [5.41, 5.74) is 0. The maximum absolute atomic E-state index is 14.0. The molecule has 8 heteroatoms. The first-order chi connectivity index (χ1) is 11.8. The molecule has 1 aromatic heterocycles. The van der Waals surface area contributed by atoms with Crippen LogP contribution in [0.2, 0.25) is 0 Å². The van der Waals surface area contributed by atoms with Crippen LogP contribution in [0.3, 0.4) is 0 Å². The number of carbonyl (C=O) groups excluding carboxylic acids is 1. The van der Waals surface area contributed by atoms with Gasteiger partial charge in [-0.25, -0.2) is 4.39 Å². The average Bonchev–Trinajstić information content (AvgIpc) is 3.20. The summed E-state index contributed by atoms with van der Waals surface area (Å²) in [6.45, 7) is 8.15. The fraction of sp³-hybridized carbons (Fsp3) is 0.824. The third-order valence-electron chi connectivity index (χ3n) is 5.26. The van der Waals surface area contributed by atoms with Crippen molar-refractivity contribution in [3.05, 3.63) is 11.7 Å². The van der Waals surface area contributed by atoms with E-state index in [9.17, 15) is 9.18 Å². The lowest BCUT2D eigenvalue weighted by Crippen LogP contribution is -2.46. The van der Waals surface area contributed by atoms with E-state index in [1.54, 1.807) is 6.92 Å². The van der Waals surface area contributed by atoms with Crippen molar-refractivity contribution in [2.75, 3.05) is 26.7 Å². The summed E-state index contributed by atoms with van der Waals surface area (Å²) in [5, 5.41) is 3.91. The minimum absolute atomic E-state index is 0.0553. The van der Waals surface area contributed by atoms with Crippen molar-refractivity contribution >= 4 is 5.91 Å². The molecule has 0 radical (unpaired) electrons. The Balaban J connectivity index is 1.61. The van der Waals surface area contributed by atoms with Crippen LogP contribution in [0, 0.1) is 6.92 Å². The van der Waals surface area contributed by atoms with Crippen LogP contribution in [-0.2, 0) is 11.3 Å². The van der Waals surface area contributed by atoms with Crippen molar-refractivity contribution < 1.29 is 13.7 Å². The lowest BCUT2D eigenvalue weighted by Gasteiger charge is -2.30. The van der Waals surface area contributed by atoms with E-state index in [1.165, 1.54) is 0 Å². The summed E-state index contributed by atoms with van der Waals surface area (Å²) in [7, 11) is 1.97. The quantitative estimate of drug-likeness (QED) is 0.766. The summed E-state index contributed by atoms with van der Waals surface area (Å²) in [4.78, 5) is 22.9. The molecule has 0 saturated carbocycles. The predicted octanol–water partition coefficient (Wildman–Crippen LogP) is 1.23. The molecule has 0 N–H and O–H groups in total. The van der Waals surface area contributed by atoms with E-state index in [4.69, 9.17) is 4.52 Å². The number of aryl methyl sites for hydroxylation is 1. The number of halogens is 1. The van der Waals surface area contributed by atoms with Crippen molar-refractivity contribution in [1.29, 1.82) is 0 Å². The van der Waals surface area contributed by atoms with E-state index >= 15 is 0 Å². The molecule has 140 valence electrons. The zero-order valence-electron chi connectivity index (χ0n) is 15.5. The molecule has 0 aromatic carbocycles. The van der Waals surface area contributed by atoms with E-state index in [2.05, 4.69) is 19.9 Å². The first-order valence-corrected chi connectivity index (χ1v) is 9.03. The van der Waals surface area contributed by atoms with Gasteiger partial charge < -0.3 is 9.42 Å². The maximum Gasteiger partial charge on any atom is 0.240 e. The number of aromatic nitrogens is 2. The number of hydrogen-bond donors (Lipinski definition) is 0. The van der Waals surface area contributed by atoms with E-state index in [0.717, 1.165) is 13.0 Å². The molecule has 2 fully saturated rings. The van der Waals surface area contributed by atoms with Crippen molar-refractivity contribution in [2.24, 2.45) is 0 Å². The van der Waals surface area contributed by atoms with Crippen LogP contribution in [-0.4, -0.2) is 81.7 Å². The van der Waals surface area contributed by atoms with Crippen molar-refractivity contribution in [3.8, 4) is 0 Å². The van der Waals surface area contributed by atoms with Gasteiger partial charge in [-0.1, -0.05) is 5.16 Å². The molecule has 7 nitrogen and oxygen atoms in total. The zero-order valence-corrected chi connectivity index (χ0v) is 15.5. The van der Waals surface area contributed by atoms with Crippen LogP contribution in [0.15, 0.2) is 4.52 Å². The monoisotopic (exact) mass is 353 g/mol. The number of hydrogen-bond acceptors (Lipinski definition) is 6. The van der Waals surface area contributed by atoms with Crippen molar-refractivity contribution in [3.63, 3.8) is 0 Å². The Labute approximate surface area is 148 Å². The molecule has 2 saturated heterocycles. The van der Waals surface area contributed by atoms with Crippen LogP contribution in [0.5, 0.6) is 0 Å². The van der Waals surface area contributed by atoms with Gasteiger partial charge in [-0.05, 0) is 33.7 Å². The molecule has 1 amide bonds. The standard InChI is InChI=1S/C17H28FN5O2/c1-11(2)23-6-5-15(17(23)24)21(4)9-14-7-13(18)8-22(14)10-16-19-12(3)25-20-16/h11,13-15H,5-10H2,1-4H3/t13-,14-,15?/m0/s1. The molecule has 0 aliphatic carbocycles. The van der Waals surface area contributed by atoms with Crippen LogP contribution >= 0.6 is 0 Å². The van der Waals surface area contributed by atoms with Gasteiger partial charge >= 0.3 is 0 Å². The first kappa shape index (κ1) is 18.3. The molecule has 0 bridgehead atoms. The topological polar surface area (TPSA) is 65.7 Å². The molecule has 2 aliphatic rings. The molecule has 2 aliphatic heterocycles. The van der Waals surface area contributed by atoms with E-state index in [1.807, 2.05) is 25.8 Å². The summed E-state index contributed by atoms with van der Waals surface area (Å²) in [6.07, 6.45) is 0.470. The second kappa shape index (κ2) is 7.37. The number of carbonyl (C=O) groups is 1. The molecule has 3 heterocycles. The Morgan fingerprint density at radius 1 is 1.44 bits per heavy atom. The van der Waals surface area contributed by atoms with Crippen LogP contribution in [0.1, 0.15) is 38.4 Å². The van der Waals surface area contributed by atoms with Gasteiger partial charge in [0.2, 0.25) is 11.8 Å². The van der Waals surface area contributed by atoms with Crippen molar-refractivity contribution in [2.45, 2.75) is 64.5 Å². The third-order valence-corrected chi connectivity index (χ3v) is 5.26. The number of nitrogens with zero attached hydrogens (tertiary/aromatic N) is 5. The second-order valence-corrected chi connectivity index (χ2v) is 7.52. The van der Waals surface area contributed by atoms with Crippen LogP contribution < -0.4 is 0 Å². The Morgan fingerprint density at radius 3 is 2.80 bits per heavy atom. The zero-order chi connectivity index (χ0) is 18.1. The predicted molar refractivity (Wildman–Crippen MR) is 90.6 cm³/mol. The fourth-order valence-electron chi connectivity index (χ4n) is 3.96. The highest BCUT2D eigenvalue weighted by molar-refractivity contribution is 5.84. The van der Waals surface area contributed by atoms with Gasteiger partial charge in [-0.2, -0.15) is 4.98 Å². The van der Waals surface area contributed by atoms with Gasteiger partial charge in [-0.15, -0.1) is 0 Å². The van der Waals surface area contributed by atoms with Crippen LogP contribution in [0.25, 0.3) is 0 Å². The Kier molecular flexibility index (Phi) is 5.38. The smallest absolute Gasteiger partial charge is 0.240 e. The number of amides is 1. The third kappa shape index (κ3) is 4.00. The first-order valence-electron chi connectivity index (χ1n) is 9.03. The van der Waals surface area contributed by atoms with E-state index in [-0.39, 0.29) is 24.0 Å². The molecule has 25 heavy (non-hydrogen) atoms. The minimum atomic E-state index is -0.849. The maximum atomic E-state index is 14.0. The highest BCUT2D eigenvalue weighted by atomic mass is 19.1. The molecular formula is C17H28FN5O2. The van der Waals surface area contributed by atoms with Gasteiger partial charge in [-0.3, -0.25) is 14.6 Å². The van der Waals surface area contributed by atoms with Gasteiger partial charge in [0.15, 0.2) is 5.82 Å². The van der Waals surface area contributed by atoms with E-state index < -0.39 is 6.17 Å². The number of likely N-dealkylation sites (N-methyl/N-ethyl adjacent to an activating group) is 1. The van der Waals surface area contributed by atoms with Gasteiger partial charge in [0.25, 0.3) is 0 Å². The van der Waals surface area contributed by atoms with Gasteiger partial charge in [0, 0.05) is 38.6 Å². The Hall–Kier alpha value is -1.54. The highest BCUT2D eigenvalue weighted by Gasteiger charge is 2.39. The number of likely N-dealkylation sites (tertiary alicyclic amines) is 2. The summed E-state index contributed by atoms with van der Waals surface area (Å²) in [5.74, 6) is 1.29. The average molecular weight is 353 g/mol. The second-order valence-electron chi connectivity index (χ2n) is 7.52. The van der Waals surface area contributed by atoms with Crippen molar-refractivity contribution in [1.82, 2.24) is 24.8 Å². The molecule has 3 atom stereocenters.